The molecule has 1 aromatic carbocycles. The van der Waals surface area contributed by atoms with Crippen LogP contribution >= 0.6 is 0 Å². The molecule has 104 valence electrons. The topological polar surface area (TPSA) is 43.4 Å². The minimum Gasteiger partial charge on any atom is -0.460 e. The molecule has 0 radical (unpaired) electrons. The van der Waals surface area contributed by atoms with Crippen molar-refractivity contribution in [3.8, 4) is 0 Å². The normalized spacial score (nSPS) is 10.2. The highest BCUT2D eigenvalue weighted by atomic mass is 16.5. The number of hydrogen-bond donors (Lipinski definition) is 0. The molecule has 1 rings (SSSR count). The Labute approximate surface area is 115 Å². The molecule has 0 bridgehead atoms. The van der Waals surface area contributed by atoms with E-state index in [0.717, 1.165) is 31.2 Å². The number of Topliss-reactive ketones (excluding diaryl/α,β-unsaturated/α-hetero) is 1. The summed E-state index contributed by atoms with van der Waals surface area (Å²) in [6.07, 6.45) is 4.61. The van der Waals surface area contributed by atoms with Crippen LogP contribution < -0.4 is 0 Å². The van der Waals surface area contributed by atoms with E-state index in [1.54, 1.807) is 0 Å². The van der Waals surface area contributed by atoms with E-state index >= 15 is 0 Å². The summed E-state index contributed by atoms with van der Waals surface area (Å²) in [6, 6.07) is 9.47. The number of carbonyl (C=O) groups excluding carboxylic acids is 2. The Hall–Kier alpha value is -1.64. The highest BCUT2D eigenvalue weighted by Gasteiger charge is 2.10. The van der Waals surface area contributed by atoms with Crippen molar-refractivity contribution in [3.63, 3.8) is 0 Å². The van der Waals surface area contributed by atoms with Crippen LogP contribution in [-0.4, -0.2) is 11.8 Å². The van der Waals surface area contributed by atoms with Crippen LogP contribution in [-0.2, 0) is 20.9 Å². The largest absolute Gasteiger partial charge is 0.460 e. The summed E-state index contributed by atoms with van der Waals surface area (Å²) < 4.78 is 5.07. The van der Waals surface area contributed by atoms with Crippen molar-refractivity contribution in [1.82, 2.24) is 0 Å². The van der Waals surface area contributed by atoms with Crippen LogP contribution in [0, 0.1) is 0 Å². The summed E-state index contributed by atoms with van der Waals surface area (Å²) in [6.45, 7) is 2.37. The van der Waals surface area contributed by atoms with Crippen LogP contribution in [0.3, 0.4) is 0 Å². The third-order valence-corrected chi connectivity index (χ3v) is 2.89. The molecule has 0 aliphatic rings. The van der Waals surface area contributed by atoms with Gasteiger partial charge in [0, 0.05) is 6.42 Å². The second-order valence-corrected chi connectivity index (χ2v) is 4.67. The fourth-order valence-electron chi connectivity index (χ4n) is 1.79. The number of esters is 1. The van der Waals surface area contributed by atoms with Gasteiger partial charge in [-0.25, -0.2) is 0 Å². The fourth-order valence-corrected chi connectivity index (χ4v) is 1.79. The van der Waals surface area contributed by atoms with E-state index < -0.39 is 5.97 Å². The number of rotatable bonds is 9. The van der Waals surface area contributed by atoms with Crippen LogP contribution in [0.25, 0.3) is 0 Å². The zero-order valence-corrected chi connectivity index (χ0v) is 11.6. The van der Waals surface area contributed by atoms with E-state index in [4.69, 9.17) is 4.74 Å². The fraction of sp³-hybridized carbons (Fsp3) is 0.500. The molecule has 0 saturated carbocycles. The van der Waals surface area contributed by atoms with Gasteiger partial charge in [0.15, 0.2) is 0 Å². The van der Waals surface area contributed by atoms with Gasteiger partial charge in [0.05, 0.1) is 0 Å². The standard InChI is InChI=1S/C16H22O3/c1-2-3-4-8-11-15(17)12-16(18)19-13-14-9-6-5-7-10-14/h5-7,9-10H,2-4,8,11-13H2,1H3. The summed E-state index contributed by atoms with van der Waals surface area (Å²) in [5.41, 5.74) is 0.936. The molecule has 1 aromatic rings. The molecular weight excluding hydrogens is 240 g/mol. The smallest absolute Gasteiger partial charge is 0.313 e. The van der Waals surface area contributed by atoms with Crippen molar-refractivity contribution in [2.75, 3.05) is 0 Å². The first-order chi connectivity index (χ1) is 9.22. The molecule has 0 N–H and O–H groups in total. The van der Waals surface area contributed by atoms with E-state index in [-0.39, 0.29) is 18.8 Å². The maximum absolute atomic E-state index is 11.5. The molecule has 0 unspecified atom stereocenters. The Kier molecular flexibility index (Phi) is 7.56. The molecule has 0 aliphatic heterocycles. The summed E-state index contributed by atoms with van der Waals surface area (Å²) >= 11 is 0. The monoisotopic (exact) mass is 262 g/mol. The third-order valence-electron chi connectivity index (χ3n) is 2.89. The summed E-state index contributed by atoms with van der Waals surface area (Å²) in [7, 11) is 0. The Morgan fingerprint density at radius 3 is 2.47 bits per heavy atom. The average molecular weight is 262 g/mol. The van der Waals surface area contributed by atoms with Gasteiger partial charge < -0.3 is 4.74 Å². The van der Waals surface area contributed by atoms with E-state index in [1.165, 1.54) is 0 Å². The summed E-state index contributed by atoms with van der Waals surface area (Å²) in [5.74, 6) is -0.446. The molecule has 0 fully saturated rings. The molecule has 0 saturated heterocycles. The van der Waals surface area contributed by atoms with Crippen molar-refractivity contribution in [3.05, 3.63) is 35.9 Å². The minimum absolute atomic E-state index is 0.0193. The molecular formula is C16H22O3. The van der Waals surface area contributed by atoms with E-state index in [1.807, 2.05) is 30.3 Å². The number of hydrogen-bond acceptors (Lipinski definition) is 3. The van der Waals surface area contributed by atoms with Gasteiger partial charge in [0.1, 0.15) is 18.8 Å². The van der Waals surface area contributed by atoms with Crippen LogP contribution in [0.1, 0.15) is 51.0 Å². The highest BCUT2D eigenvalue weighted by molar-refractivity contribution is 5.95. The Bertz CT molecular complexity index is 384. The first-order valence-corrected chi connectivity index (χ1v) is 6.93. The molecule has 0 spiro atoms. The first-order valence-electron chi connectivity index (χ1n) is 6.93. The molecule has 0 amide bonds. The first kappa shape index (κ1) is 15.4. The Morgan fingerprint density at radius 1 is 1.05 bits per heavy atom. The van der Waals surface area contributed by atoms with Crippen molar-refractivity contribution in [1.29, 1.82) is 0 Å². The number of benzene rings is 1. The van der Waals surface area contributed by atoms with Crippen LogP contribution in [0.4, 0.5) is 0 Å². The van der Waals surface area contributed by atoms with Crippen LogP contribution in [0.2, 0.25) is 0 Å². The van der Waals surface area contributed by atoms with E-state index in [9.17, 15) is 9.59 Å². The SMILES string of the molecule is CCCCCCC(=O)CC(=O)OCc1ccccc1. The molecule has 3 nitrogen and oxygen atoms in total. The second-order valence-electron chi connectivity index (χ2n) is 4.67. The lowest BCUT2D eigenvalue weighted by Crippen LogP contribution is -2.11. The van der Waals surface area contributed by atoms with Crippen molar-refractivity contribution in [2.45, 2.75) is 52.1 Å². The lowest BCUT2D eigenvalue weighted by molar-refractivity contribution is -0.147. The highest BCUT2D eigenvalue weighted by Crippen LogP contribution is 2.06. The van der Waals surface area contributed by atoms with Crippen LogP contribution in [0.15, 0.2) is 30.3 Å². The van der Waals surface area contributed by atoms with Crippen molar-refractivity contribution < 1.29 is 14.3 Å². The summed E-state index contributed by atoms with van der Waals surface area (Å²) in [5, 5.41) is 0. The quantitative estimate of drug-likeness (QED) is 0.387. The number of ether oxygens (including phenoxy) is 1. The second kappa shape index (κ2) is 9.31. The molecule has 19 heavy (non-hydrogen) atoms. The van der Waals surface area contributed by atoms with Gasteiger partial charge in [0.25, 0.3) is 0 Å². The number of unbranched alkanes of at least 4 members (excludes halogenated alkanes) is 3. The Morgan fingerprint density at radius 2 is 1.79 bits per heavy atom. The van der Waals surface area contributed by atoms with Crippen molar-refractivity contribution >= 4 is 11.8 Å². The maximum atomic E-state index is 11.5. The van der Waals surface area contributed by atoms with Crippen molar-refractivity contribution in [2.24, 2.45) is 0 Å². The minimum atomic E-state index is -0.427. The molecule has 0 aromatic heterocycles. The Balaban J connectivity index is 2.15. The van der Waals surface area contributed by atoms with Gasteiger partial charge in [-0.2, -0.15) is 0 Å². The maximum Gasteiger partial charge on any atom is 0.313 e. The zero-order chi connectivity index (χ0) is 13.9. The van der Waals surface area contributed by atoms with Gasteiger partial charge >= 0.3 is 5.97 Å². The van der Waals surface area contributed by atoms with Gasteiger partial charge in [-0.15, -0.1) is 0 Å². The molecule has 0 aliphatic carbocycles. The van der Waals surface area contributed by atoms with Crippen LogP contribution in [0.5, 0.6) is 0 Å². The average Bonchev–Trinajstić information content (AvgIpc) is 2.42. The van der Waals surface area contributed by atoms with E-state index in [0.29, 0.717) is 6.42 Å². The third kappa shape index (κ3) is 7.39. The van der Waals surface area contributed by atoms with Gasteiger partial charge in [-0.1, -0.05) is 56.5 Å². The van der Waals surface area contributed by atoms with Gasteiger partial charge in [0.2, 0.25) is 0 Å². The lowest BCUT2D eigenvalue weighted by atomic mass is 10.1. The number of ketones is 1. The molecule has 0 atom stereocenters. The lowest BCUT2D eigenvalue weighted by Gasteiger charge is -2.04. The molecule has 3 heteroatoms. The van der Waals surface area contributed by atoms with Gasteiger partial charge in [-0.05, 0) is 12.0 Å². The zero-order valence-electron chi connectivity index (χ0n) is 11.6. The number of carbonyl (C=O) groups is 2. The van der Waals surface area contributed by atoms with E-state index in [2.05, 4.69) is 6.92 Å². The predicted molar refractivity (Wildman–Crippen MR) is 74.6 cm³/mol. The summed E-state index contributed by atoms with van der Waals surface area (Å²) in [4.78, 5) is 23.0. The van der Waals surface area contributed by atoms with Gasteiger partial charge in [-0.3, -0.25) is 9.59 Å². The predicted octanol–water partition coefficient (Wildman–Crippen LogP) is 3.66. The molecule has 0 heterocycles.